The minimum Gasteiger partial charge on any atom is -0.454 e. The molecule has 6 nitrogen and oxygen atoms in total. The first-order valence-corrected chi connectivity index (χ1v) is 9.85. The van der Waals surface area contributed by atoms with Crippen LogP contribution < -0.4 is 14.8 Å². The van der Waals surface area contributed by atoms with Crippen LogP contribution in [0.4, 0.5) is 5.95 Å². The third-order valence-electron chi connectivity index (χ3n) is 4.18. The summed E-state index contributed by atoms with van der Waals surface area (Å²) in [6.45, 7) is 4.50. The average Bonchev–Trinajstić information content (AvgIpc) is 3.39. The first kappa shape index (κ1) is 17.8. The summed E-state index contributed by atoms with van der Waals surface area (Å²) in [6.07, 6.45) is 2.78. The van der Waals surface area contributed by atoms with E-state index in [0.717, 1.165) is 59.4 Å². The average molecular weight is 383 g/mol. The molecule has 0 aliphatic carbocycles. The highest BCUT2D eigenvalue weighted by atomic mass is 32.1. The van der Waals surface area contributed by atoms with Crippen molar-refractivity contribution in [1.82, 2.24) is 9.97 Å². The zero-order valence-electron chi connectivity index (χ0n) is 15.1. The number of hydrogen-bond donors (Lipinski definition) is 1. The molecule has 0 bridgehead atoms. The number of rotatable bonds is 8. The lowest BCUT2D eigenvalue weighted by atomic mass is 10.0. The van der Waals surface area contributed by atoms with Crippen molar-refractivity contribution >= 4 is 17.3 Å². The number of nitrogens with one attached hydrogen (secondary N) is 1. The molecule has 1 aromatic carbocycles. The molecule has 1 aliphatic rings. The van der Waals surface area contributed by atoms with Gasteiger partial charge < -0.3 is 19.5 Å². The van der Waals surface area contributed by atoms with Gasteiger partial charge in [-0.2, -0.15) is 0 Å². The topological polar surface area (TPSA) is 65.5 Å². The van der Waals surface area contributed by atoms with E-state index in [1.807, 2.05) is 37.4 Å². The van der Waals surface area contributed by atoms with E-state index >= 15 is 0 Å². The summed E-state index contributed by atoms with van der Waals surface area (Å²) in [6, 6.07) is 10.0. The maximum Gasteiger partial charge on any atom is 0.231 e. The number of nitrogens with zero attached hydrogens (tertiary/aromatic N) is 2. The lowest BCUT2D eigenvalue weighted by Gasteiger charge is -2.11. The number of thiophene rings is 1. The van der Waals surface area contributed by atoms with E-state index in [0.29, 0.717) is 5.95 Å². The first-order valence-electron chi connectivity index (χ1n) is 8.97. The molecule has 0 atom stereocenters. The Morgan fingerprint density at radius 3 is 3.00 bits per heavy atom. The fraction of sp³-hybridized carbons (Fsp3) is 0.300. The molecule has 27 heavy (non-hydrogen) atoms. The van der Waals surface area contributed by atoms with Crippen molar-refractivity contribution in [2.75, 3.05) is 31.9 Å². The highest BCUT2D eigenvalue weighted by molar-refractivity contribution is 7.13. The third kappa shape index (κ3) is 4.04. The number of fused-ring (bicyclic) bond motifs is 1. The quantitative estimate of drug-likeness (QED) is 0.580. The van der Waals surface area contributed by atoms with Crippen LogP contribution in [0.15, 0.2) is 41.9 Å². The van der Waals surface area contributed by atoms with Crippen molar-refractivity contribution in [1.29, 1.82) is 0 Å². The molecule has 0 unspecified atom stereocenters. The van der Waals surface area contributed by atoms with Crippen LogP contribution >= 0.6 is 11.3 Å². The molecule has 1 aliphatic heterocycles. The smallest absolute Gasteiger partial charge is 0.231 e. The summed E-state index contributed by atoms with van der Waals surface area (Å²) < 4.78 is 16.3. The zero-order valence-corrected chi connectivity index (χ0v) is 15.9. The second-order valence-corrected chi connectivity index (χ2v) is 6.93. The Morgan fingerprint density at radius 2 is 2.15 bits per heavy atom. The predicted molar refractivity (Wildman–Crippen MR) is 107 cm³/mol. The number of ether oxygens (including phenoxy) is 3. The molecule has 3 heterocycles. The fourth-order valence-corrected chi connectivity index (χ4v) is 3.59. The van der Waals surface area contributed by atoms with E-state index in [-0.39, 0.29) is 6.79 Å². The van der Waals surface area contributed by atoms with Gasteiger partial charge >= 0.3 is 0 Å². The minimum atomic E-state index is 0.262. The molecule has 0 amide bonds. The van der Waals surface area contributed by atoms with Gasteiger partial charge in [0.2, 0.25) is 12.7 Å². The van der Waals surface area contributed by atoms with E-state index in [1.54, 1.807) is 11.3 Å². The van der Waals surface area contributed by atoms with Crippen LogP contribution in [-0.4, -0.2) is 36.5 Å². The summed E-state index contributed by atoms with van der Waals surface area (Å²) in [4.78, 5) is 10.4. The molecule has 140 valence electrons. The van der Waals surface area contributed by atoms with Gasteiger partial charge in [0.05, 0.1) is 10.6 Å². The Hall–Kier alpha value is -2.64. The summed E-state index contributed by atoms with van der Waals surface area (Å²) in [5.41, 5.74) is 2.88. The van der Waals surface area contributed by atoms with Crippen LogP contribution in [0, 0.1) is 0 Å². The van der Waals surface area contributed by atoms with Gasteiger partial charge in [-0.15, -0.1) is 11.3 Å². The highest BCUT2D eigenvalue weighted by Gasteiger charge is 2.17. The summed E-state index contributed by atoms with van der Waals surface area (Å²) in [5.74, 6) is 2.15. The zero-order chi connectivity index (χ0) is 18.5. The van der Waals surface area contributed by atoms with Gasteiger partial charge in [0.15, 0.2) is 11.5 Å². The second kappa shape index (κ2) is 8.37. The molecule has 0 saturated carbocycles. The van der Waals surface area contributed by atoms with Crippen LogP contribution in [-0.2, 0) is 4.74 Å². The third-order valence-corrected chi connectivity index (χ3v) is 5.06. The monoisotopic (exact) mass is 383 g/mol. The second-order valence-electron chi connectivity index (χ2n) is 5.98. The van der Waals surface area contributed by atoms with E-state index in [9.17, 15) is 0 Å². The Morgan fingerprint density at radius 1 is 1.22 bits per heavy atom. The Balaban J connectivity index is 1.61. The van der Waals surface area contributed by atoms with Crippen LogP contribution in [0.25, 0.3) is 21.7 Å². The van der Waals surface area contributed by atoms with E-state index in [1.165, 1.54) is 0 Å². The minimum absolute atomic E-state index is 0.262. The Labute approximate surface area is 162 Å². The van der Waals surface area contributed by atoms with Crippen molar-refractivity contribution in [3.63, 3.8) is 0 Å². The first-order chi connectivity index (χ1) is 13.3. The van der Waals surface area contributed by atoms with Gasteiger partial charge in [0.1, 0.15) is 0 Å². The molecular weight excluding hydrogens is 362 g/mol. The Bertz CT molecular complexity index is 899. The molecule has 0 radical (unpaired) electrons. The normalized spacial score (nSPS) is 12.3. The fourth-order valence-electron chi connectivity index (χ4n) is 2.86. The van der Waals surface area contributed by atoms with Crippen LogP contribution in [0.5, 0.6) is 11.5 Å². The van der Waals surface area contributed by atoms with Crippen molar-refractivity contribution in [2.24, 2.45) is 0 Å². The molecule has 7 heteroatoms. The van der Waals surface area contributed by atoms with Crippen molar-refractivity contribution in [3.05, 3.63) is 41.9 Å². The molecule has 4 rings (SSSR count). The van der Waals surface area contributed by atoms with Gasteiger partial charge in [0.25, 0.3) is 0 Å². The van der Waals surface area contributed by atoms with Crippen molar-refractivity contribution in [2.45, 2.75) is 13.3 Å². The van der Waals surface area contributed by atoms with Gasteiger partial charge in [-0.3, -0.25) is 0 Å². The largest absolute Gasteiger partial charge is 0.454 e. The molecule has 3 aromatic rings. The van der Waals surface area contributed by atoms with Crippen molar-refractivity contribution < 1.29 is 14.2 Å². The molecule has 2 aromatic heterocycles. The number of aromatic nitrogens is 2. The molecule has 0 fully saturated rings. The van der Waals surface area contributed by atoms with Gasteiger partial charge in [0, 0.05) is 31.5 Å². The van der Waals surface area contributed by atoms with Crippen LogP contribution in [0.2, 0.25) is 0 Å². The number of benzene rings is 1. The summed E-state index contributed by atoms with van der Waals surface area (Å²) in [7, 11) is 0. The molecule has 0 spiro atoms. The molecule has 1 N–H and O–H groups in total. The standard InChI is InChI=1S/C20H21N3O3S/c1-2-24-9-4-8-21-20-22-12-15(19(23-20)18-5-3-10-27-18)14-6-7-16-17(11-14)26-13-25-16/h3,5-7,10-12H,2,4,8-9,13H2,1H3,(H,21,22,23). The Kier molecular flexibility index (Phi) is 5.50. The SMILES string of the molecule is CCOCCCNc1ncc(-c2ccc3c(c2)OCO3)c(-c2cccs2)n1. The summed E-state index contributed by atoms with van der Waals surface area (Å²) >= 11 is 1.66. The maximum absolute atomic E-state index is 5.52. The lowest BCUT2D eigenvalue weighted by Crippen LogP contribution is -2.09. The molecular formula is C20H21N3O3S. The van der Waals surface area contributed by atoms with E-state index < -0.39 is 0 Å². The van der Waals surface area contributed by atoms with Gasteiger partial charge in [-0.25, -0.2) is 9.97 Å². The van der Waals surface area contributed by atoms with Gasteiger partial charge in [-0.1, -0.05) is 12.1 Å². The molecule has 0 saturated heterocycles. The predicted octanol–water partition coefficient (Wildman–Crippen LogP) is 4.44. The summed E-state index contributed by atoms with van der Waals surface area (Å²) in [5, 5.41) is 5.34. The van der Waals surface area contributed by atoms with Gasteiger partial charge in [-0.05, 0) is 42.5 Å². The highest BCUT2D eigenvalue weighted by Crippen LogP contribution is 2.39. The number of hydrogen-bond acceptors (Lipinski definition) is 7. The van der Waals surface area contributed by atoms with Crippen LogP contribution in [0.1, 0.15) is 13.3 Å². The van der Waals surface area contributed by atoms with Crippen LogP contribution in [0.3, 0.4) is 0 Å². The van der Waals surface area contributed by atoms with Crippen molar-refractivity contribution in [3.8, 4) is 33.2 Å². The number of anilines is 1. The lowest BCUT2D eigenvalue weighted by molar-refractivity contribution is 0.147. The van der Waals surface area contributed by atoms with E-state index in [2.05, 4.69) is 21.7 Å². The maximum atomic E-state index is 5.52. The van der Waals surface area contributed by atoms with E-state index in [4.69, 9.17) is 19.2 Å².